The van der Waals surface area contributed by atoms with Crippen molar-refractivity contribution in [2.45, 2.75) is 12.5 Å². The van der Waals surface area contributed by atoms with E-state index in [1.807, 2.05) is 0 Å². The molecule has 0 aliphatic carbocycles. The highest BCUT2D eigenvalue weighted by atomic mass is 35.5. The number of carbonyl (C=O) groups is 1. The molecule has 1 aromatic rings. The van der Waals surface area contributed by atoms with Gasteiger partial charge in [-0.05, 0) is 24.1 Å². The molecule has 3 rings (SSSR count). The Morgan fingerprint density at radius 2 is 1.88 bits per heavy atom. The monoisotopic (exact) mass is 402 g/mol. The topological polar surface area (TPSA) is 57.7 Å². The Morgan fingerprint density at radius 1 is 1.16 bits per heavy atom. The molecule has 25 heavy (non-hydrogen) atoms. The Kier molecular flexibility index (Phi) is 5.73. The Bertz CT molecular complexity index is 787. The van der Waals surface area contributed by atoms with E-state index >= 15 is 0 Å². The Hall–Kier alpha value is -1.08. The minimum atomic E-state index is -2.88. The van der Waals surface area contributed by atoms with Crippen LogP contribution in [0.25, 0.3) is 6.08 Å². The molecular formula is C17H20Cl2N2O3S. The van der Waals surface area contributed by atoms with Crippen LogP contribution in [0.15, 0.2) is 24.3 Å². The van der Waals surface area contributed by atoms with Crippen LogP contribution in [0, 0.1) is 0 Å². The van der Waals surface area contributed by atoms with E-state index in [1.54, 1.807) is 29.2 Å². The van der Waals surface area contributed by atoms with E-state index < -0.39 is 9.84 Å². The fourth-order valence-electron chi connectivity index (χ4n) is 3.29. The molecule has 1 atom stereocenters. The highest BCUT2D eigenvalue weighted by Crippen LogP contribution is 2.26. The van der Waals surface area contributed by atoms with Gasteiger partial charge in [0.25, 0.3) is 0 Å². The molecule has 5 nitrogen and oxygen atoms in total. The molecule has 2 aliphatic heterocycles. The van der Waals surface area contributed by atoms with Crippen LogP contribution >= 0.6 is 23.2 Å². The minimum absolute atomic E-state index is 0.0743. The van der Waals surface area contributed by atoms with Crippen LogP contribution < -0.4 is 0 Å². The second kappa shape index (κ2) is 7.66. The summed E-state index contributed by atoms with van der Waals surface area (Å²) in [5.74, 6) is 0.448. The van der Waals surface area contributed by atoms with Crippen LogP contribution in [0.3, 0.4) is 0 Å². The Balaban J connectivity index is 1.55. The Morgan fingerprint density at radius 3 is 2.52 bits per heavy atom. The van der Waals surface area contributed by atoms with E-state index in [0.29, 0.717) is 48.2 Å². The molecule has 1 amide bonds. The molecular weight excluding hydrogens is 383 g/mol. The quantitative estimate of drug-likeness (QED) is 0.727. The molecule has 8 heteroatoms. The molecule has 0 saturated carbocycles. The SMILES string of the molecule is O=C(/C=C/c1cccc(Cl)c1Cl)N1CCN([C@H]2CCS(=O)(=O)C2)CC1. The van der Waals surface area contributed by atoms with E-state index in [9.17, 15) is 13.2 Å². The molecule has 0 spiro atoms. The number of sulfone groups is 1. The predicted molar refractivity (Wildman–Crippen MR) is 101 cm³/mol. The third-order valence-corrected chi connectivity index (χ3v) is 7.32. The zero-order valence-electron chi connectivity index (χ0n) is 13.7. The van der Waals surface area contributed by atoms with Gasteiger partial charge in [-0.3, -0.25) is 9.69 Å². The largest absolute Gasteiger partial charge is 0.337 e. The predicted octanol–water partition coefficient (Wildman–Crippen LogP) is 2.34. The first-order chi connectivity index (χ1) is 11.9. The van der Waals surface area contributed by atoms with Gasteiger partial charge in [0.05, 0.1) is 21.6 Å². The molecule has 0 aromatic heterocycles. The summed E-state index contributed by atoms with van der Waals surface area (Å²) in [6.07, 6.45) is 3.88. The van der Waals surface area contributed by atoms with Crippen molar-refractivity contribution < 1.29 is 13.2 Å². The van der Waals surface area contributed by atoms with E-state index in [2.05, 4.69) is 4.90 Å². The number of rotatable bonds is 3. The molecule has 0 bridgehead atoms. The normalized spacial score (nSPS) is 24.1. The number of hydrogen-bond donors (Lipinski definition) is 0. The highest BCUT2D eigenvalue weighted by molar-refractivity contribution is 7.91. The van der Waals surface area contributed by atoms with Crippen LogP contribution in [0.2, 0.25) is 10.0 Å². The van der Waals surface area contributed by atoms with Crippen molar-refractivity contribution in [1.29, 1.82) is 0 Å². The maximum Gasteiger partial charge on any atom is 0.246 e. The summed E-state index contributed by atoms with van der Waals surface area (Å²) in [6.45, 7) is 2.61. The first kappa shape index (κ1) is 18.7. The highest BCUT2D eigenvalue weighted by Gasteiger charge is 2.34. The standard InChI is InChI=1S/C17H20Cl2N2O3S/c18-15-3-1-2-13(17(15)19)4-5-16(22)21-9-7-20(8-10-21)14-6-11-25(23,24)12-14/h1-5,14H,6-12H2/b5-4+/t14-/m0/s1. The number of benzene rings is 1. The summed E-state index contributed by atoms with van der Waals surface area (Å²) in [5.41, 5.74) is 0.706. The molecule has 136 valence electrons. The second-order valence-electron chi connectivity index (χ2n) is 6.39. The second-order valence-corrected chi connectivity index (χ2v) is 9.41. The summed E-state index contributed by atoms with van der Waals surface area (Å²) in [4.78, 5) is 16.3. The smallest absolute Gasteiger partial charge is 0.246 e. The molecule has 2 saturated heterocycles. The van der Waals surface area contributed by atoms with Crippen LogP contribution in [-0.4, -0.2) is 67.9 Å². The molecule has 0 unspecified atom stereocenters. The summed E-state index contributed by atoms with van der Waals surface area (Å²) in [6, 6.07) is 5.39. The number of amides is 1. The molecule has 1 aromatic carbocycles. The number of nitrogens with zero attached hydrogens (tertiary/aromatic N) is 2. The van der Waals surface area contributed by atoms with Crippen LogP contribution in [0.5, 0.6) is 0 Å². The molecule has 0 N–H and O–H groups in total. The van der Waals surface area contributed by atoms with Gasteiger partial charge in [0.2, 0.25) is 5.91 Å². The molecule has 2 fully saturated rings. The summed E-state index contributed by atoms with van der Waals surface area (Å²) in [5, 5.41) is 0.886. The number of halogens is 2. The third kappa shape index (κ3) is 4.56. The van der Waals surface area contributed by atoms with Crippen molar-refractivity contribution >= 4 is 45.0 Å². The van der Waals surface area contributed by atoms with E-state index in [0.717, 1.165) is 0 Å². The van der Waals surface area contributed by atoms with Crippen molar-refractivity contribution in [3.63, 3.8) is 0 Å². The average molecular weight is 403 g/mol. The lowest BCUT2D eigenvalue weighted by Crippen LogP contribution is -2.52. The fourth-order valence-corrected chi connectivity index (χ4v) is 5.42. The van der Waals surface area contributed by atoms with Crippen molar-refractivity contribution in [3.8, 4) is 0 Å². The summed E-state index contributed by atoms with van der Waals surface area (Å²) < 4.78 is 23.2. The van der Waals surface area contributed by atoms with E-state index in [4.69, 9.17) is 23.2 Å². The maximum atomic E-state index is 12.3. The van der Waals surface area contributed by atoms with Gasteiger partial charge in [-0.1, -0.05) is 35.3 Å². The summed E-state index contributed by atoms with van der Waals surface area (Å²) in [7, 11) is -2.88. The first-order valence-electron chi connectivity index (χ1n) is 8.21. The van der Waals surface area contributed by atoms with Gasteiger partial charge in [0.1, 0.15) is 0 Å². The lowest BCUT2D eigenvalue weighted by molar-refractivity contribution is -0.127. The van der Waals surface area contributed by atoms with Gasteiger partial charge >= 0.3 is 0 Å². The van der Waals surface area contributed by atoms with Crippen molar-refractivity contribution in [2.24, 2.45) is 0 Å². The zero-order chi connectivity index (χ0) is 18.0. The third-order valence-electron chi connectivity index (χ3n) is 4.74. The van der Waals surface area contributed by atoms with Crippen molar-refractivity contribution in [3.05, 3.63) is 39.9 Å². The number of carbonyl (C=O) groups excluding carboxylic acids is 1. The number of piperazine rings is 1. The first-order valence-corrected chi connectivity index (χ1v) is 10.8. The Labute approximate surface area is 158 Å². The van der Waals surface area contributed by atoms with Crippen molar-refractivity contribution in [1.82, 2.24) is 9.80 Å². The minimum Gasteiger partial charge on any atom is -0.337 e. The van der Waals surface area contributed by atoms with Crippen LogP contribution in [0.4, 0.5) is 0 Å². The molecule has 2 aliphatic rings. The lowest BCUT2D eigenvalue weighted by Gasteiger charge is -2.37. The van der Waals surface area contributed by atoms with Gasteiger partial charge < -0.3 is 4.90 Å². The van der Waals surface area contributed by atoms with Crippen molar-refractivity contribution in [2.75, 3.05) is 37.7 Å². The van der Waals surface area contributed by atoms with Gasteiger partial charge in [0.15, 0.2) is 9.84 Å². The van der Waals surface area contributed by atoms with Crippen LogP contribution in [-0.2, 0) is 14.6 Å². The van der Waals surface area contributed by atoms with Gasteiger partial charge in [-0.25, -0.2) is 8.42 Å². The molecule has 0 radical (unpaired) electrons. The van der Waals surface area contributed by atoms with Gasteiger partial charge in [-0.2, -0.15) is 0 Å². The fraction of sp³-hybridized carbons (Fsp3) is 0.471. The van der Waals surface area contributed by atoms with E-state index in [-0.39, 0.29) is 23.5 Å². The number of hydrogen-bond acceptors (Lipinski definition) is 4. The zero-order valence-corrected chi connectivity index (χ0v) is 16.0. The molecule has 2 heterocycles. The average Bonchev–Trinajstić information content (AvgIpc) is 2.96. The van der Waals surface area contributed by atoms with Gasteiger partial charge in [0, 0.05) is 38.3 Å². The lowest BCUT2D eigenvalue weighted by atomic mass is 10.2. The van der Waals surface area contributed by atoms with Crippen LogP contribution in [0.1, 0.15) is 12.0 Å². The maximum absolute atomic E-state index is 12.3. The van der Waals surface area contributed by atoms with Gasteiger partial charge in [-0.15, -0.1) is 0 Å². The summed E-state index contributed by atoms with van der Waals surface area (Å²) >= 11 is 12.1. The van der Waals surface area contributed by atoms with E-state index in [1.165, 1.54) is 6.08 Å².